The van der Waals surface area contributed by atoms with Crippen molar-refractivity contribution in [1.82, 2.24) is 9.88 Å². The highest BCUT2D eigenvalue weighted by Crippen LogP contribution is 2.30. The number of rotatable bonds is 8. The number of carbonyl (C=O) groups is 1. The first-order valence-electron chi connectivity index (χ1n) is 8.26. The van der Waals surface area contributed by atoms with E-state index in [1.54, 1.807) is 32.4 Å². The SMILES string of the molecule is COc1ccc(OC)c(CN(CCO)C(=O)c2ncoc2-c2cccs2)c1. The topological polar surface area (TPSA) is 85.0 Å². The number of carbonyl (C=O) groups excluding carboxylic acids is 1. The molecule has 0 aliphatic heterocycles. The molecule has 7 nitrogen and oxygen atoms in total. The Morgan fingerprint density at radius 3 is 2.81 bits per heavy atom. The summed E-state index contributed by atoms with van der Waals surface area (Å²) in [5.74, 6) is 1.38. The normalized spacial score (nSPS) is 10.6. The summed E-state index contributed by atoms with van der Waals surface area (Å²) in [5, 5.41) is 11.4. The molecule has 8 heteroatoms. The van der Waals surface area contributed by atoms with Gasteiger partial charge in [-0.2, -0.15) is 0 Å². The number of hydrogen-bond donors (Lipinski definition) is 1. The van der Waals surface area contributed by atoms with Gasteiger partial charge in [-0.05, 0) is 29.6 Å². The summed E-state index contributed by atoms with van der Waals surface area (Å²) >= 11 is 1.46. The molecular formula is C19H20N2O5S. The van der Waals surface area contributed by atoms with Gasteiger partial charge in [-0.15, -0.1) is 11.3 Å². The van der Waals surface area contributed by atoms with Gasteiger partial charge in [0, 0.05) is 18.7 Å². The van der Waals surface area contributed by atoms with Crippen LogP contribution in [-0.2, 0) is 6.54 Å². The van der Waals surface area contributed by atoms with Gasteiger partial charge in [0.05, 0.1) is 25.7 Å². The van der Waals surface area contributed by atoms with E-state index in [1.165, 1.54) is 22.6 Å². The van der Waals surface area contributed by atoms with Gasteiger partial charge in [0.2, 0.25) is 0 Å². The second kappa shape index (κ2) is 8.70. The summed E-state index contributed by atoms with van der Waals surface area (Å²) in [5.41, 5.74) is 0.979. The molecular weight excluding hydrogens is 368 g/mol. The number of ether oxygens (including phenoxy) is 2. The average Bonchev–Trinajstić information content (AvgIpc) is 3.38. The molecule has 3 aromatic rings. The molecule has 3 rings (SSSR count). The lowest BCUT2D eigenvalue weighted by atomic mass is 10.1. The highest BCUT2D eigenvalue weighted by molar-refractivity contribution is 7.13. The van der Waals surface area contributed by atoms with E-state index in [4.69, 9.17) is 13.9 Å². The van der Waals surface area contributed by atoms with E-state index >= 15 is 0 Å². The average molecular weight is 388 g/mol. The zero-order chi connectivity index (χ0) is 19.2. The van der Waals surface area contributed by atoms with Gasteiger partial charge in [0.15, 0.2) is 17.8 Å². The van der Waals surface area contributed by atoms with Gasteiger partial charge < -0.3 is 23.9 Å². The van der Waals surface area contributed by atoms with Gasteiger partial charge in [-0.25, -0.2) is 4.98 Å². The molecule has 1 N–H and O–H groups in total. The van der Waals surface area contributed by atoms with Gasteiger partial charge in [-0.1, -0.05) is 6.07 Å². The first kappa shape index (κ1) is 18.9. The van der Waals surface area contributed by atoms with E-state index in [1.807, 2.05) is 17.5 Å². The monoisotopic (exact) mass is 388 g/mol. The molecule has 0 saturated carbocycles. The number of oxazole rings is 1. The quantitative estimate of drug-likeness (QED) is 0.638. The molecule has 142 valence electrons. The van der Waals surface area contributed by atoms with Crippen LogP contribution in [0.25, 0.3) is 10.6 Å². The van der Waals surface area contributed by atoms with Crippen LogP contribution in [0, 0.1) is 0 Å². The molecule has 1 amide bonds. The van der Waals surface area contributed by atoms with Crippen molar-refractivity contribution in [2.45, 2.75) is 6.54 Å². The van der Waals surface area contributed by atoms with Crippen LogP contribution in [0.15, 0.2) is 46.5 Å². The molecule has 27 heavy (non-hydrogen) atoms. The smallest absolute Gasteiger partial charge is 0.276 e. The first-order chi connectivity index (χ1) is 13.2. The van der Waals surface area contributed by atoms with Crippen molar-refractivity contribution in [3.63, 3.8) is 0 Å². The van der Waals surface area contributed by atoms with Crippen molar-refractivity contribution in [3.05, 3.63) is 53.4 Å². The minimum absolute atomic E-state index is 0.149. The summed E-state index contributed by atoms with van der Waals surface area (Å²) in [4.78, 5) is 19.5. The molecule has 0 aliphatic rings. The van der Waals surface area contributed by atoms with E-state index < -0.39 is 0 Å². The van der Waals surface area contributed by atoms with Crippen LogP contribution < -0.4 is 9.47 Å². The van der Waals surface area contributed by atoms with Crippen molar-refractivity contribution in [3.8, 4) is 22.1 Å². The Morgan fingerprint density at radius 1 is 1.30 bits per heavy atom. The molecule has 0 unspecified atom stereocenters. The third-order valence-corrected chi connectivity index (χ3v) is 4.89. The van der Waals surface area contributed by atoms with Gasteiger partial charge in [0.1, 0.15) is 11.5 Å². The lowest BCUT2D eigenvalue weighted by molar-refractivity contribution is 0.0701. The van der Waals surface area contributed by atoms with Crippen LogP contribution >= 0.6 is 11.3 Å². The maximum Gasteiger partial charge on any atom is 0.276 e. The number of methoxy groups -OCH3 is 2. The number of nitrogens with zero attached hydrogens (tertiary/aromatic N) is 2. The first-order valence-corrected chi connectivity index (χ1v) is 9.14. The maximum absolute atomic E-state index is 13.1. The van der Waals surface area contributed by atoms with Crippen LogP contribution in [0.1, 0.15) is 16.1 Å². The van der Waals surface area contributed by atoms with E-state index in [2.05, 4.69) is 4.98 Å². The van der Waals surface area contributed by atoms with Crippen LogP contribution in [-0.4, -0.2) is 48.3 Å². The molecule has 0 saturated heterocycles. The van der Waals surface area contributed by atoms with Crippen LogP contribution in [0.2, 0.25) is 0 Å². The summed E-state index contributed by atoms with van der Waals surface area (Å²) in [6, 6.07) is 9.11. The zero-order valence-corrected chi connectivity index (χ0v) is 15.9. The fourth-order valence-corrected chi connectivity index (χ4v) is 3.43. The molecule has 0 spiro atoms. The van der Waals surface area contributed by atoms with E-state index in [-0.39, 0.29) is 31.3 Å². The van der Waals surface area contributed by atoms with E-state index in [0.717, 1.165) is 10.4 Å². The van der Waals surface area contributed by atoms with Gasteiger partial charge >= 0.3 is 0 Å². The minimum atomic E-state index is -0.328. The Bertz CT molecular complexity index is 891. The van der Waals surface area contributed by atoms with Crippen LogP contribution in [0.5, 0.6) is 11.5 Å². The largest absolute Gasteiger partial charge is 0.497 e. The Labute approximate surface area is 160 Å². The van der Waals surface area contributed by atoms with Crippen molar-refractivity contribution < 1.29 is 23.8 Å². The third-order valence-electron chi connectivity index (χ3n) is 4.02. The molecule has 2 aromatic heterocycles. The van der Waals surface area contributed by atoms with Gasteiger partial charge in [-0.3, -0.25) is 4.79 Å². The van der Waals surface area contributed by atoms with Crippen molar-refractivity contribution >= 4 is 17.2 Å². The molecule has 1 aromatic carbocycles. The highest BCUT2D eigenvalue weighted by Gasteiger charge is 2.25. The fourth-order valence-electron chi connectivity index (χ4n) is 2.72. The number of aliphatic hydroxyl groups is 1. The van der Waals surface area contributed by atoms with Crippen molar-refractivity contribution in [2.75, 3.05) is 27.4 Å². The number of benzene rings is 1. The third kappa shape index (κ3) is 4.12. The molecule has 0 bridgehead atoms. The predicted molar refractivity (Wildman–Crippen MR) is 101 cm³/mol. The zero-order valence-electron chi connectivity index (χ0n) is 15.0. The lowest BCUT2D eigenvalue weighted by Gasteiger charge is -2.22. The van der Waals surface area contributed by atoms with E-state index in [9.17, 15) is 9.90 Å². The highest BCUT2D eigenvalue weighted by atomic mass is 32.1. The van der Waals surface area contributed by atoms with Crippen molar-refractivity contribution in [1.29, 1.82) is 0 Å². The molecule has 0 aliphatic carbocycles. The molecule has 2 heterocycles. The Morgan fingerprint density at radius 2 is 2.15 bits per heavy atom. The fraction of sp³-hybridized carbons (Fsp3) is 0.263. The predicted octanol–water partition coefficient (Wildman–Crippen LogP) is 3.06. The summed E-state index contributed by atoms with van der Waals surface area (Å²) in [7, 11) is 3.14. The van der Waals surface area contributed by atoms with Crippen LogP contribution in [0.3, 0.4) is 0 Å². The van der Waals surface area contributed by atoms with E-state index in [0.29, 0.717) is 17.3 Å². The second-order valence-electron chi connectivity index (χ2n) is 5.64. The number of thiophene rings is 1. The number of aliphatic hydroxyl groups excluding tert-OH is 1. The number of aromatic nitrogens is 1. The minimum Gasteiger partial charge on any atom is -0.497 e. The molecule has 0 radical (unpaired) electrons. The van der Waals surface area contributed by atoms with Crippen molar-refractivity contribution in [2.24, 2.45) is 0 Å². The maximum atomic E-state index is 13.1. The molecule has 0 fully saturated rings. The second-order valence-corrected chi connectivity index (χ2v) is 6.58. The lowest BCUT2D eigenvalue weighted by Crippen LogP contribution is -2.33. The number of hydrogen-bond acceptors (Lipinski definition) is 7. The van der Waals surface area contributed by atoms with Gasteiger partial charge in [0.25, 0.3) is 5.91 Å². The Balaban J connectivity index is 1.91. The Hall–Kier alpha value is -2.84. The summed E-state index contributed by atoms with van der Waals surface area (Å²) in [6.07, 6.45) is 1.26. The molecule has 0 atom stereocenters. The standard InChI is InChI=1S/C19H20N2O5S/c1-24-14-5-6-15(25-2)13(10-14)11-21(7-8-22)19(23)17-18(26-12-20-17)16-4-3-9-27-16/h3-6,9-10,12,22H,7-8,11H2,1-2H3. The van der Waals surface area contributed by atoms with Crippen LogP contribution in [0.4, 0.5) is 0 Å². The summed E-state index contributed by atoms with van der Waals surface area (Å²) < 4.78 is 16.1. The Kier molecular flexibility index (Phi) is 6.10. The number of amides is 1. The summed E-state index contributed by atoms with van der Waals surface area (Å²) in [6.45, 7) is 0.205.